The monoisotopic (exact) mass is 370 g/mol. The maximum atomic E-state index is 12.5. The number of amides is 1. The van der Waals surface area contributed by atoms with E-state index in [-0.39, 0.29) is 30.4 Å². The number of anilines is 1. The molecule has 2 aromatic rings. The molecular formula is C18H18N4O5. The van der Waals surface area contributed by atoms with Crippen molar-refractivity contribution in [3.8, 4) is 5.75 Å². The van der Waals surface area contributed by atoms with Gasteiger partial charge in [-0.25, -0.2) is 4.79 Å². The number of rotatable bonds is 6. The van der Waals surface area contributed by atoms with Gasteiger partial charge in [-0.15, -0.1) is 0 Å². The molecule has 9 heteroatoms. The summed E-state index contributed by atoms with van der Waals surface area (Å²) in [5.74, 6) is -0.633. The molecule has 0 unspecified atom stereocenters. The van der Waals surface area contributed by atoms with Gasteiger partial charge in [0.2, 0.25) is 5.91 Å². The van der Waals surface area contributed by atoms with Gasteiger partial charge in [-0.2, -0.15) is 0 Å². The van der Waals surface area contributed by atoms with E-state index in [0.29, 0.717) is 18.7 Å². The second kappa shape index (κ2) is 7.81. The van der Waals surface area contributed by atoms with Crippen LogP contribution in [0.25, 0.3) is 0 Å². The summed E-state index contributed by atoms with van der Waals surface area (Å²) in [6, 6.07) is 7.79. The number of aromatic nitrogens is 1. The Balaban J connectivity index is 1.67. The fourth-order valence-corrected chi connectivity index (χ4v) is 2.75. The van der Waals surface area contributed by atoms with Crippen LogP contribution in [0.3, 0.4) is 0 Å². The molecule has 140 valence electrons. The summed E-state index contributed by atoms with van der Waals surface area (Å²) in [6.07, 6.45) is 4.09. The lowest BCUT2D eigenvalue weighted by atomic mass is 10.2. The maximum absolute atomic E-state index is 12.5. The highest BCUT2D eigenvalue weighted by atomic mass is 16.6. The van der Waals surface area contributed by atoms with Crippen molar-refractivity contribution in [2.45, 2.75) is 6.42 Å². The zero-order valence-electron chi connectivity index (χ0n) is 14.7. The number of nitro benzene ring substituents is 1. The van der Waals surface area contributed by atoms with Gasteiger partial charge in [-0.1, -0.05) is 0 Å². The standard InChI is InChI=1S/C18H18N4O5/c1-20(9-6-13-4-7-19-8-5-13)17(23)11-21-12-18(24)27-16-10-14(22(25)26)2-3-15(16)21/h2-5,7-8,10H,6,9,11-12H2,1H3. The van der Waals surface area contributed by atoms with Gasteiger partial charge in [0.25, 0.3) is 5.69 Å². The molecule has 0 bridgehead atoms. The first-order valence-corrected chi connectivity index (χ1v) is 8.31. The Morgan fingerprint density at radius 2 is 2.07 bits per heavy atom. The number of carbonyl (C=O) groups is 2. The molecule has 0 saturated heterocycles. The minimum absolute atomic E-state index is 0.0211. The molecule has 1 amide bonds. The highest BCUT2D eigenvalue weighted by molar-refractivity contribution is 5.89. The van der Waals surface area contributed by atoms with E-state index in [9.17, 15) is 19.7 Å². The zero-order valence-corrected chi connectivity index (χ0v) is 14.7. The minimum Gasteiger partial charge on any atom is -0.423 e. The van der Waals surface area contributed by atoms with Gasteiger partial charge in [0.1, 0.15) is 6.54 Å². The molecule has 0 aliphatic carbocycles. The topological polar surface area (TPSA) is 106 Å². The van der Waals surface area contributed by atoms with Crippen LogP contribution >= 0.6 is 0 Å². The van der Waals surface area contributed by atoms with Crippen LogP contribution < -0.4 is 9.64 Å². The van der Waals surface area contributed by atoms with E-state index in [1.807, 2.05) is 12.1 Å². The van der Waals surface area contributed by atoms with Crippen LogP contribution in [0.15, 0.2) is 42.7 Å². The van der Waals surface area contributed by atoms with Crippen LogP contribution in [0.5, 0.6) is 5.75 Å². The number of likely N-dealkylation sites (N-methyl/N-ethyl adjacent to an activating group) is 1. The highest BCUT2D eigenvalue weighted by Crippen LogP contribution is 2.35. The van der Waals surface area contributed by atoms with Crippen molar-refractivity contribution in [2.75, 3.05) is 31.6 Å². The Kier molecular flexibility index (Phi) is 5.30. The molecule has 3 rings (SSSR count). The van der Waals surface area contributed by atoms with E-state index in [1.54, 1.807) is 29.2 Å². The Morgan fingerprint density at radius 1 is 1.33 bits per heavy atom. The van der Waals surface area contributed by atoms with E-state index < -0.39 is 10.9 Å². The van der Waals surface area contributed by atoms with Gasteiger partial charge in [0.05, 0.1) is 23.2 Å². The number of non-ortho nitro benzene ring substituents is 1. The van der Waals surface area contributed by atoms with E-state index in [1.165, 1.54) is 18.2 Å². The zero-order chi connectivity index (χ0) is 19.4. The summed E-state index contributed by atoms with van der Waals surface area (Å²) in [7, 11) is 1.70. The third-order valence-corrected chi connectivity index (χ3v) is 4.28. The second-order valence-electron chi connectivity index (χ2n) is 6.16. The first kappa shape index (κ1) is 18.3. The molecule has 2 heterocycles. The Morgan fingerprint density at radius 3 is 2.78 bits per heavy atom. The number of pyridine rings is 1. The van der Waals surface area contributed by atoms with Crippen LogP contribution in [-0.2, 0) is 16.0 Å². The fraction of sp³-hybridized carbons (Fsp3) is 0.278. The first-order valence-electron chi connectivity index (χ1n) is 8.31. The molecule has 1 aliphatic heterocycles. The van der Waals surface area contributed by atoms with Crippen LogP contribution in [0.4, 0.5) is 11.4 Å². The van der Waals surface area contributed by atoms with Gasteiger partial charge in [-0.3, -0.25) is 19.9 Å². The first-order chi connectivity index (χ1) is 12.9. The number of esters is 1. The molecule has 0 fully saturated rings. The van der Waals surface area contributed by atoms with Crippen molar-refractivity contribution in [3.63, 3.8) is 0 Å². The molecule has 0 atom stereocenters. The highest BCUT2D eigenvalue weighted by Gasteiger charge is 2.28. The normalized spacial score (nSPS) is 12.9. The quantitative estimate of drug-likeness (QED) is 0.328. The summed E-state index contributed by atoms with van der Waals surface area (Å²) >= 11 is 0. The Hall–Kier alpha value is -3.49. The number of hydrogen-bond donors (Lipinski definition) is 0. The van der Waals surface area contributed by atoms with Gasteiger partial charge < -0.3 is 14.5 Å². The Bertz CT molecular complexity index is 871. The molecule has 9 nitrogen and oxygen atoms in total. The Labute approximate surface area is 155 Å². The molecule has 0 N–H and O–H groups in total. The van der Waals surface area contributed by atoms with E-state index in [0.717, 1.165) is 5.56 Å². The van der Waals surface area contributed by atoms with Crippen molar-refractivity contribution in [2.24, 2.45) is 0 Å². The van der Waals surface area contributed by atoms with Gasteiger partial charge >= 0.3 is 5.97 Å². The van der Waals surface area contributed by atoms with Crippen molar-refractivity contribution in [1.82, 2.24) is 9.88 Å². The van der Waals surface area contributed by atoms with Gasteiger partial charge in [0.15, 0.2) is 5.75 Å². The molecule has 0 radical (unpaired) electrons. The molecular weight excluding hydrogens is 352 g/mol. The summed E-state index contributed by atoms with van der Waals surface area (Å²) in [5.41, 5.74) is 1.38. The number of fused-ring (bicyclic) bond motifs is 1. The summed E-state index contributed by atoms with van der Waals surface area (Å²) < 4.78 is 5.08. The largest absolute Gasteiger partial charge is 0.423 e. The molecule has 0 spiro atoms. The number of carbonyl (C=O) groups excluding carboxylic acids is 2. The van der Waals surface area contributed by atoms with Crippen LogP contribution in [0.2, 0.25) is 0 Å². The molecule has 27 heavy (non-hydrogen) atoms. The summed E-state index contributed by atoms with van der Waals surface area (Å²) in [5, 5.41) is 10.9. The number of nitro groups is 1. The number of nitrogens with zero attached hydrogens (tertiary/aromatic N) is 4. The van der Waals surface area contributed by atoms with Crippen molar-refractivity contribution in [3.05, 3.63) is 58.4 Å². The van der Waals surface area contributed by atoms with E-state index in [2.05, 4.69) is 4.98 Å². The van der Waals surface area contributed by atoms with Gasteiger partial charge in [-0.05, 0) is 30.2 Å². The SMILES string of the molecule is CN(CCc1ccncc1)C(=O)CN1CC(=O)Oc2cc([N+](=O)[O-])ccc21. The van der Waals surface area contributed by atoms with Crippen LogP contribution in [0, 0.1) is 10.1 Å². The van der Waals surface area contributed by atoms with Crippen molar-refractivity contribution in [1.29, 1.82) is 0 Å². The predicted octanol–water partition coefficient (Wildman–Crippen LogP) is 1.42. The summed E-state index contributed by atoms with van der Waals surface area (Å²) in [6.45, 7) is 0.412. The van der Waals surface area contributed by atoms with Crippen LogP contribution in [-0.4, -0.2) is 53.4 Å². The summed E-state index contributed by atoms with van der Waals surface area (Å²) in [4.78, 5) is 41.8. The predicted molar refractivity (Wildman–Crippen MR) is 96.5 cm³/mol. The second-order valence-corrected chi connectivity index (χ2v) is 6.16. The van der Waals surface area contributed by atoms with Gasteiger partial charge in [0, 0.05) is 32.1 Å². The lowest BCUT2D eigenvalue weighted by Crippen LogP contribution is -2.44. The van der Waals surface area contributed by atoms with E-state index >= 15 is 0 Å². The third-order valence-electron chi connectivity index (χ3n) is 4.28. The smallest absolute Gasteiger partial charge is 0.331 e. The molecule has 0 saturated carbocycles. The lowest BCUT2D eigenvalue weighted by molar-refractivity contribution is -0.384. The molecule has 1 aromatic carbocycles. The number of hydrogen-bond acceptors (Lipinski definition) is 7. The van der Waals surface area contributed by atoms with Crippen molar-refractivity contribution < 1.29 is 19.2 Å². The molecule has 1 aliphatic rings. The number of ether oxygens (including phenoxy) is 1. The third kappa shape index (κ3) is 4.38. The minimum atomic E-state index is -0.564. The molecule has 1 aromatic heterocycles. The fourth-order valence-electron chi connectivity index (χ4n) is 2.75. The average molecular weight is 370 g/mol. The average Bonchev–Trinajstić information content (AvgIpc) is 2.66. The lowest BCUT2D eigenvalue weighted by Gasteiger charge is -2.30. The maximum Gasteiger partial charge on any atom is 0.331 e. The number of benzene rings is 1. The van der Waals surface area contributed by atoms with E-state index in [4.69, 9.17) is 4.74 Å². The van der Waals surface area contributed by atoms with Crippen LogP contribution in [0.1, 0.15) is 5.56 Å². The van der Waals surface area contributed by atoms with Crippen molar-refractivity contribution >= 4 is 23.3 Å².